The molecule has 1 aromatic heterocycles. The number of aryl methyl sites for hydroxylation is 1. The van der Waals surface area contributed by atoms with Crippen LogP contribution in [0.1, 0.15) is 11.3 Å². The second kappa shape index (κ2) is 4.31. The van der Waals surface area contributed by atoms with E-state index in [2.05, 4.69) is 4.98 Å². The summed E-state index contributed by atoms with van der Waals surface area (Å²) in [4.78, 5) is 4.31. The highest BCUT2D eigenvalue weighted by Gasteiger charge is 2.07. The quantitative estimate of drug-likeness (QED) is 0.873. The van der Waals surface area contributed by atoms with Gasteiger partial charge in [-0.1, -0.05) is 17.7 Å². The highest BCUT2D eigenvalue weighted by atomic mass is 35.5. The Labute approximate surface area is 97.2 Å². The van der Waals surface area contributed by atoms with Crippen LogP contribution in [0.25, 0.3) is 10.6 Å². The van der Waals surface area contributed by atoms with E-state index < -0.39 is 0 Å². The third-order valence-corrected chi connectivity index (χ3v) is 3.30. The number of aliphatic hydroxyl groups is 1. The van der Waals surface area contributed by atoms with Crippen LogP contribution in [0.2, 0.25) is 5.02 Å². The fourth-order valence-corrected chi connectivity index (χ4v) is 2.39. The molecule has 2 aromatic rings. The van der Waals surface area contributed by atoms with E-state index in [4.69, 9.17) is 16.7 Å². The van der Waals surface area contributed by atoms with Gasteiger partial charge in [-0.25, -0.2) is 4.98 Å². The summed E-state index contributed by atoms with van der Waals surface area (Å²) >= 11 is 7.46. The van der Waals surface area contributed by atoms with Crippen LogP contribution in [-0.2, 0) is 6.61 Å². The van der Waals surface area contributed by atoms with E-state index in [9.17, 15) is 0 Å². The first-order valence-corrected chi connectivity index (χ1v) is 5.78. The molecule has 0 aliphatic heterocycles. The number of hydrogen-bond donors (Lipinski definition) is 1. The lowest BCUT2D eigenvalue weighted by Gasteiger charge is -2.02. The van der Waals surface area contributed by atoms with Crippen molar-refractivity contribution < 1.29 is 5.11 Å². The summed E-state index contributed by atoms with van der Waals surface area (Å²) in [5.74, 6) is 0. The molecule has 0 atom stereocenters. The number of thiazole rings is 1. The van der Waals surface area contributed by atoms with Crippen LogP contribution in [-0.4, -0.2) is 10.1 Å². The Bertz CT molecular complexity index is 481. The van der Waals surface area contributed by atoms with E-state index in [0.29, 0.717) is 10.7 Å². The Hall–Kier alpha value is -0.900. The first kappa shape index (κ1) is 10.6. The van der Waals surface area contributed by atoms with Crippen molar-refractivity contribution in [1.82, 2.24) is 4.98 Å². The van der Waals surface area contributed by atoms with Gasteiger partial charge in [-0.15, -0.1) is 11.3 Å². The van der Waals surface area contributed by atoms with Gasteiger partial charge >= 0.3 is 0 Å². The molecule has 0 fully saturated rings. The summed E-state index contributed by atoms with van der Waals surface area (Å²) in [6.45, 7) is 2.00. The van der Waals surface area contributed by atoms with E-state index in [1.54, 1.807) is 0 Å². The standard InChI is InChI=1S/C11H10ClNOS/c1-7-2-3-8(12)4-10(7)11-13-9(5-14)6-15-11/h2-4,6,14H,5H2,1H3. The summed E-state index contributed by atoms with van der Waals surface area (Å²) in [5.41, 5.74) is 2.87. The molecule has 1 N–H and O–H groups in total. The Morgan fingerprint density at radius 3 is 2.93 bits per heavy atom. The van der Waals surface area contributed by atoms with Crippen molar-refractivity contribution in [3.05, 3.63) is 39.9 Å². The Morgan fingerprint density at radius 2 is 2.27 bits per heavy atom. The van der Waals surface area contributed by atoms with Crippen molar-refractivity contribution in [3.63, 3.8) is 0 Å². The van der Waals surface area contributed by atoms with Crippen molar-refractivity contribution in [3.8, 4) is 10.6 Å². The number of hydrogen-bond acceptors (Lipinski definition) is 3. The predicted molar refractivity (Wildman–Crippen MR) is 63.2 cm³/mol. The maximum absolute atomic E-state index is 8.94. The zero-order valence-electron chi connectivity index (χ0n) is 8.20. The van der Waals surface area contributed by atoms with E-state index in [-0.39, 0.29) is 6.61 Å². The average molecular weight is 240 g/mol. The first-order chi connectivity index (χ1) is 7.20. The van der Waals surface area contributed by atoms with Gasteiger partial charge in [0.05, 0.1) is 12.3 Å². The predicted octanol–water partition coefficient (Wildman–Crippen LogP) is 3.26. The van der Waals surface area contributed by atoms with Crippen molar-refractivity contribution in [2.45, 2.75) is 13.5 Å². The van der Waals surface area contributed by atoms with Crippen LogP contribution >= 0.6 is 22.9 Å². The van der Waals surface area contributed by atoms with E-state index in [1.807, 2.05) is 30.5 Å². The minimum atomic E-state index is -0.0177. The van der Waals surface area contributed by atoms with Gasteiger partial charge in [0.15, 0.2) is 0 Å². The highest BCUT2D eigenvalue weighted by Crippen LogP contribution is 2.29. The zero-order chi connectivity index (χ0) is 10.8. The molecular formula is C11H10ClNOS. The third kappa shape index (κ3) is 2.20. The SMILES string of the molecule is Cc1ccc(Cl)cc1-c1nc(CO)cs1. The van der Waals surface area contributed by atoms with Crippen LogP contribution in [0.3, 0.4) is 0 Å². The molecule has 2 rings (SSSR count). The molecule has 0 unspecified atom stereocenters. The lowest BCUT2D eigenvalue weighted by molar-refractivity contribution is 0.278. The Balaban J connectivity index is 2.48. The monoisotopic (exact) mass is 239 g/mol. The van der Waals surface area contributed by atoms with Crippen LogP contribution in [0.15, 0.2) is 23.6 Å². The normalized spacial score (nSPS) is 10.6. The fourth-order valence-electron chi connectivity index (χ4n) is 1.33. The van der Waals surface area contributed by atoms with Gasteiger partial charge in [0.25, 0.3) is 0 Å². The van der Waals surface area contributed by atoms with Crippen LogP contribution in [0, 0.1) is 6.92 Å². The minimum Gasteiger partial charge on any atom is -0.390 e. The van der Waals surface area contributed by atoms with Gasteiger partial charge in [-0.3, -0.25) is 0 Å². The summed E-state index contributed by atoms with van der Waals surface area (Å²) in [6, 6.07) is 5.73. The number of benzene rings is 1. The molecule has 0 aliphatic rings. The van der Waals surface area contributed by atoms with Crippen LogP contribution < -0.4 is 0 Å². The van der Waals surface area contributed by atoms with Gasteiger partial charge in [0.1, 0.15) is 5.01 Å². The van der Waals surface area contributed by atoms with Gasteiger partial charge < -0.3 is 5.11 Å². The number of nitrogens with zero attached hydrogens (tertiary/aromatic N) is 1. The summed E-state index contributed by atoms with van der Waals surface area (Å²) in [6.07, 6.45) is 0. The molecule has 0 aliphatic carbocycles. The van der Waals surface area contributed by atoms with Crippen molar-refractivity contribution in [2.75, 3.05) is 0 Å². The maximum atomic E-state index is 8.94. The van der Waals surface area contributed by atoms with Gasteiger partial charge in [0, 0.05) is 16.0 Å². The third-order valence-electron chi connectivity index (χ3n) is 2.14. The van der Waals surface area contributed by atoms with E-state index >= 15 is 0 Å². The molecule has 4 heteroatoms. The molecular weight excluding hydrogens is 230 g/mol. The molecule has 0 spiro atoms. The lowest BCUT2D eigenvalue weighted by atomic mass is 10.1. The molecule has 0 bridgehead atoms. The maximum Gasteiger partial charge on any atom is 0.124 e. The minimum absolute atomic E-state index is 0.0177. The smallest absolute Gasteiger partial charge is 0.124 e. The molecule has 2 nitrogen and oxygen atoms in total. The molecule has 0 saturated heterocycles. The second-order valence-corrected chi connectivity index (χ2v) is 4.56. The fraction of sp³-hybridized carbons (Fsp3) is 0.182. The van der Waals surface area contributed by atoms with Crippen LogP contribution in [0.4, 0.5) is 0 Å². The van der Waals surface area contributed by atoms with E-state index in [0.717, 1.165) is 16.1 Å². The Kier molecular flexibility index (Phi) is 3.05. The van der Waals surface area contributed by atoms with Gasteiger partial charge in [0.2, 0.25) is 0 Å². The summed E-state index contributed by atoms with van der Waals surface area (Å²) in [7, 11) is 0. The second-order valence-electron chi connectivity index (χ2n) is 3.26. The van der Waals surface area contributed by atoms with Crippen LogP contribution in [0.5, 0.6) is 0 Å². The number of halogens is 1. The molecule has 1 aromatic carbocycles. The largest absolute Gasteiger partial charge is 0.390 e. The van der Waals surface area contributed by atoms with Gasteiger partial charge in [-0.05, 0) is 24.6 Å². The molecule has 78 valence electrons. The summed E-state index contributed by atoms with van der Waals surface area (Å²) < 4.78 is 0. The number of aromatic nitrogens is 1. The Morgan fingerprint density at radius 1 is 1.47 bits per heavy atom. The molecule has 1 heterocycles. The lowest BCUT2D eigenvalue weighted by Crippen LogP contribution is -1.85. The number of rotatable bonds is 2. The molecule has 0 amide bonds. The molecule has 0 saturated carbocycles. The number of aliphatic hydroxyl groups excluding tert-OH is 1. The first-order valence-electron chi connectivity index (χ1n) is 4.52. The van der Waals surface area contributed by atoms with Gasteiger partial charge in [-0.2, -0.15) is 0 Å². The van der Waals surface area contributed by atoms with E-state index in [1.165, 1.54) is 11.3 Å². The topological polar surface area (TPSA) is 33.1 Å². The molecule has 15 heavy (non-hydrogen) atoms. The zero-order valence-corrected chi connectivity index (χ0v) is 9.77. The molecule has 0 radical (unpaired) electrons. The van der Waals surface area contributed by atoms with Crippen molar-refractivity contribution >= 4 is 22.9 Å². The average Bonchev–Trinajstić information content (AvgIpc) is 2.70. The highest BCUT2D eigenvalue weighted by molar-refractivity contribution is 7.13. The van der Waals surface area contributed by atoms with Crippen molar-refractivity contribution in [2.24, 2.45) is 0 Å². The summed E-state index contributed by atoms with van der Waals surface area (Å²) in [5, 5.41) is 12.4. The van der Waals surface area contributed by atoms with Crippen molar-refractivity contribution in [1.29, 1.82) is 0 Å².